The minimum atomic E-state index is -0.148. The van der Waals surface area contributed by atoms with Crippen LogP contribution in [-0.4, -0.2) is 25.5 Å². The van der Waals surface area contributed by atoms with Gasteiger partial charge in [0.25, 0.3) is 5.91 Å². The second-order valence-corrected chi connectivity index (χ2v) is 7.61. The number of amides is 1. The molecule has 1 amide bonds. The first kappa shape index (κ1) is 17.4. The number of aromatic nitrogens is 4. The Kier molecular flexibility index (Phi) is 4.22. The Morgan fingerprint density at radius 2 is 1.83 bits per heavy atom. The number of thiophene rings is 1. The molecule has 7 heteroatoms. The molecule has 0 saturated carbocycles. The van der Waals surface area contributed by atoms with E-state index in [9.17, 15) is 4.79 Å². The molecule has 0 saturated heterocycles. The smallest absolute Gasteiger partial charge is 0.265 e. The summed E-state index contributed by atoms with van der Waals surface area (Å²) in [6, 6.07) is 21.3. The summed E-state index contributed by atoms with van der Waals surface area (Å²) in [6.07, 6.45) is 3.56. The molecule has 0 aliphatic heterocycles. The Hall–Kier alpha value is -3.71. The fourth-order valence-corrected chi connectivity index (χ4v) is 4.36. The van der Waals surface area contributed by atoms with E-state index in [4.69, 9.17) is 0 Å². The largest absolute Gasteiger partial charge is 0.319 e. The number of nitrogens with zero attached hydrogens (tertiary/aromatic N) is 4. The lowest BCUT2D eigenvalue weighted by atomic mass is 10.2. The molecular weight excluding hydrogens is 382 g/mol. The van der Waals surface area contributed by atoms with Crippen LogP contribution in [-0.2, 0) is 0 Å². The first-order chi connectivity index (χ1) is 14.2. The number of rotatable bonds is 4. The Morgan fingerprint density at radius 1 is 1.03 bits per heavy atom. The lowest BCUT2D eigenvalue weighted by molar-refractivity contribution is 0.103. The van der Waals surface area contributed by atoms with Crippen molar-refractivity contribution in [1.29, 1.82) is 0 Å². The van der Waals surface area contributed by atoms with Crippen LogP contribution in [0.15, 0.2) is 79.1 Å². The zero-order chi connectivity index (χ0) is 19.8. The normalized spacial score (nSPS) is 11.1. The second-order valence-electron chi connectivity index (χ2n) is 6.58. The highest BCUT2D eigenvalue weighted by molar-refractivity contribution is 7.20. The average Bonchev–Trinajstić information content (AvgIpc) is 3.48. The van der Waals surface area contributed by atoms with E-state index in [1.54, 1.807) is 10.9 Å². The van der Waals surface area contributed by atoms with Crippen LogP contribution in [0.5, 0.6) is 0 Å². The molecule has 0 atom stereocenters. The number of benzene rings is 2. The van der Waals surface area contributed by atoms with Gasteiger partial charge in [0, 0.05) is 17.8 Å². The molecular formula is C22H17N5OS. The van der Waals surface area contributed by atoms with E-state index in [-0.39, 0.29) is 5.91 Å². The van der Waals surface area contributed by atoms with Gasteiger partial charge in [0.15, 0.2) is 0 Å². The molecule has 1 N–H and O–H groups in total. The minimum Gasteiger partial charge on any atom is -0.319 e. The summed E-state index contributed by atoms with van der Waals surface area (Å²) < 4.78 is 3.63. The number of fused-ring (bicyclic) bond motifs is 1. The van der Waals surface area contributed by atoms with Crippen molar-refractivity contribution in [2.45, 2.75) is 6.92 Å². The standard InChI is InChI=1S/C22H17N5OS/c1-15-17-14-20(29-22(17)27(25-15)16-8-3-2-4-9-16)21(28)24-18-10-5-6-11-19(18)26-13-7-12-23-26/h2-14H,1H3,(H,24,28). The van der Waals surface area contributed by atoms with Crippen LogP contribution in [0.3, 0.4) is 0 Å². The lowest BCUT2D eigenvalue weighted by Gasteiger charge is -2.10. The van der Waals surface area contributed by atoms with Crippen LogP contribution >= 0.6 is 11.3 Å². The highest BCUT2D eigenvalue weighted by Gasteiger charge is 2.18. The Morgan fingerprint density at radius 3 is 2.62 bits per heavy atom. The molecule has 5 rings (SSSR count). The van der Waals surface area contributed by atoms with Crippen LogP contribution in [0, 0.1) is 6.92 Å². The first-order valence-corrected chi connectivity index (χ1v) is 9.97. The molecule has 142 valence electrons. The van der Waals surface area contributed by atoms with Crippen molar-refractivity contribution in [2.24, 2.45) is 0 Å². The predicted molar refractivity (Wildman–Crippen MR) is 115 cm³/mol. The number of hydrogen-bond donors (Lipinski definition) is 1. The number of carbonyl (C=O) groups excluding carboxylic acids is 1. The van der Waals surface area contributed by atoms with Crippen molar-refractivity contribution < 1.29 is 4.79 Å². The van der Waals surface area contributed by atoms with Crippen LogP contribution in [0.25, 0.3) is 21.6 Å². The quantitative estimate of drug-likeness (QED) is 0.471. The number of hydrogen-bond acceptors (Lipinski definition) is 4. The SMILES string of the molecule is Cc1nn(-c2ccccc2)c2sc(C(=O)Nc3ccccc3-n3cccn3)cc12. The zero-order valence-corrected chi connectivity index (χ0v) is 16.4. The monoisotopic (exact) mass is 399 g/mol. The molecule has 0 spiro atoms. The summed E-state index contributed by atoms with van der Waals surface area (Å²) in [7, 11) is 0. The van der Waals surface area contributed by atoms with E-state index >= 15 is 0 Å². The highest BCUT2D eigenvalue weighted by atomic mass is 32.1. The summed E-state index contributed by atoms with van der Waals surface area (Å²) in [5, 5.41) is 12.9. The van der Waals surface area contributed by atoms with E-state index in [0.29, 0.717) is 10.6 Å². The van der Waals surface area contributed by atoms with Gasteiger partial charge < -0.3 is 5.32 Å². The Bertz CT molecular complexity index is 1300. The fourth-order valence-electron chi connectivity index (χ4n) is 3.28. The van der Waals surface area contributed by atoms with Gasteiger partial charge in [-0.05, 0) is 43.3 Å². The van der Waals surface area contributed by atoms with Crippen molar-refractivity contribution in [3.8, 4) is 11.4 Å². The summed E-state index contributed by atoms with van der Waals surface area (Å²) in [4.78, 5) is 14.6. The number of anilines is 1. The summed E-state index contributed by atoms with van der Waals surface area (Å²) in [5.41, 5.74) is 3.40. The van der Waals surface area contributed by atoms with E-state index in [1.165, 1.54) is 11.3 Å². The predicted octanol–water partition coefficient (Wildman–Crippen LogP) is 4.83. The number of aryl methyl sites for hydroxylation is 1. The van der Waals surface area contributed by atoms with Crippen LogP contribution in [0.2, 0.25) is 0 Å². The van der Waals surface area contributed by atoms with Crippen molar-refractivity contribution in [1.82, 2.24) is 19.6 Å². The van der Waals surface area contributed by atoms with Crippen molar-refractivity contribution >= 4 is 33.1 Å². The molecule has 0 radical (unpaired) electrons. The van der Waals surface area contributed by atoms with Gasteiger partial charge in [-0.2, -0.15) is 10.2 Å². The maximum Gasteiger partial charge on any atom is 0.265 e. The van der Waals surface area contributed by atoms with Gasteiger partial charge in [-0.3, -0.25) is 4.79 Å². The summed E-state index contributed by atoms with van der Waals surface area (Å²) >= 11 is 1.44. The van der Waals surface area contributed by atoms with Gasteiger partial charge in [0.05, 0.1) is 27.6 Å². The lowest BCUT2D eigenvalue weighted by Crippen LogP contribution is -2.12. The van der Waals surface area contributed by atoms with Gasteiger partial charge in [-0.1, -0.05) is 30.3 Å². The fraction of sp³-hybridized carbons (Fsp3) is 0.0455. The molecule has 0 aliphatic rings. The Labute approximate surface area is 171 Å². The maximum atomic E-state index is 13.0. The third-order valence-electron chi connectivity index (χ3n) is 4.67. The third kappa shape index (κ3) is 3.11. The molecule has 0 bridgehead atoms. The minimum absolute atomic E-state index is 0.148. The highest BCUT2D eigenvalue weighted by Crippen LogP contribution is 2.31. The molecule has 6 nitrogen and oxygen atoms in total. The van der Waals surface area contributed by atoms with Gasteiger partial charge in [0.1, 0.15) is 4.83 Å². The molecule has 0 aliphatic carbocycles. The van der Waals surface area contributed by atoms with Crippen LogP contribution < -0.4 is 5.32 Å². The molecule has 0 unspecified atom stereocenters. The molecule has 3 aromatic heterocycles. The maximum absolute atomic E-state index is 13.0. The van der Waals surface area contributed by atoms with Crippen LogP contribution in [0.4, 0.5) is 5.69 Å². The van der Waals surface area contributed by atoms with Crippen molar-refractivity contribution in [2.75, 3.05) is 5.32 Å². The topological polar surface area (TPSA) is 64.7 Å². The third-order valence-corrected chi connectivity index (χ3v) is 5.78. The van der Waals surface area contributed by atoms with Crippen molar-refractivity contribution in [3.05, 3.63) is 89.7 Å². The molecule has 3 heterocycles. The van der Waals surface area contributed by atoms with Gasteiger partial charge in [-0.25, -0.2) is 9.36 Å². The average molecular weight is 399 g/mol. The Balaban J connectivity index is 1.50. The molecule has 5 aromatic rings. The van der Waals surface area contributed by atoms with E-state index < -0.39 is 0 Å². The van der Waals surface area contributed by atoms with Crippen LogP contribution in [0.1, 0.15) is 15.4 Å². The number of nitrogens with one attached hydrogen (secondary N) is 1. The number of para-hydroxylation sites is 3. The van der Waals surface area contributed by atoms with Gasteiger partial charge >= 0.3 is 0 Å². The van der Waals surface area contributed by atoms with Crippen molar-refractivity contribution in [3.63, 3.8) is 0 Å². The zero-order valence-electron chi connectivity index (χ0n) is 15.6. The first-order valence-electron chi connectivity index (χ1n) is 9.16. The van der Waals surface area contributed by atoms with E-state index in [1.807, 2.05) is 84.5 Å². The van der Waals surface area contributed by atoms with E-state index in [2.05, 4.69) is 15.5 Å². The molecule has 29 heavy (non-hydrogen) atoms. The molecule has 2 aromatic carbocycles. The van der Waals surface area contributed by atoms with Gasteiger partial charge in [-0.15, -0.1) is 11.3 Å². The van der Waals surface area contributed by atoms with E-state index in [0.717, 1.165) is 27.3 Å². The molecule has 0 fully saturated rings. The summed E-state index contributed by atoms with van der Waals surface area (Å²) in [6.45, 7) is 1.96. The second kappa shape index (κ2) is 7.03. The summed E-state index contributed by atoms with van der Waals surface area (Å²) in [5.74, 6) is -0.148. The number of carbonyl (C=O) groups is 1. The van der Waals surface area contributed by atoms with Gasteiger partial charge in [0.2, 0.25) is 0 Å².